The van der Waals surface area contributed by atoms with Crippen LogP contribution in [0.5, 0.6) is 0 Å². The third kappa shape index (κ3) is 8.33. The van der Waals surface area contributed by atoms with Crippen molar-refractivity contribution in [3.05, 3.63) is 29.0 Å². The summed E-state index contributed by atoms with van der Waals surface area (Å²) in [6.07, 6.45) is 6.33. The number of nitrogens with one attached hydrogen (secondary N) is 3. The smallest absolute Gasteiger partial charge is 0.315 e. The number of thiophene rings is 1. The van der Waals surface area contributed by atoms with Gasteiger partial charge in [-0.3, -0.25) is 19.2 Å². The number of nitrogens with zero attached hydrogens (tertiary/aromatic N) is 2. The first-order chi connectivity index (χ1) is 23.4. The maximum absolute atomic E-state index is 14.6. The number of carbonyl (C=O) groups excluding carboxylic acids is 5. The lowest BCUT2D eigenvalue weighted by molar-refractivity contribution is -0.143. The lowest BCUT2D eigenvalue weighted by Crippen LogP contribution is -2.64. The van der Waals surface area contributed by atoms with Crippen molar-refractivity contribution in [1.82, 2.24) is 25.2 Å². The molecule has 2 fully saturated rings. The average Bonchev–Trinajstić information content (AvgIpc) is 3.73. The summed E-state index contributed by atoms with van der Waals surface area (Å²) in [6.45, 7) is 17.2. The Morgan fingerprint density at radius 3 is 2.30 bits per heavy atom. The van der Waals surface area contributed by atoms with Crippen molar-refractivity contribution in [2.45, 2.75) is 129 Å². The van der Waals surface area contributed by atoms with Crippen LogP contribution in [0.15, 0.2) is 29.0 Å². The van der Waals surface area contributed by atoms with Crippen LogP contribution in [-0.4, -0.2) is 83.8 Å². The number of hydrogen-bond acceptors (Lipinski definition) is 8. The zero-order chi connectivity index (χ0) is 37.2. The van der Waals surface area contributed by atoms with Crippen LogP contribution in [0.1, 0.15) is 98.3 Å². The van der Waals surface area contributed by atoms with Crippen molar-refractivity contribution in [3.63, 3.8) is 0 Å². The molecule has 3 N–H and O–H groups in total. The number of hydrogen-bond donors (Lipinski definition) is 3. The van der Waals surface area contributed by atoms with Gasteiger partial charge in [0.2, 0.25) is 27.6 Å². The Labute approximate surface area is 301 Å². The molecule has 0 radical (unpaired) electrons. The Balaban J connectivity index is 1.59. The number of fused-ring (bicyclic) bond motifs is 1. The standard InChI is InChI=1S/C36H55N5O7S2/c1-9-14-26(30(43)23(5)42)37-32(44)29-24(10-2)25(22(3)4)19-41(29)33(45)31(35(6,7)8)38-34(46)39-36(16-12-11-13-17-36)21-40-20-27-28(15-18-49-27)50(40,47)48/h10,15,18,22,24-26,29,31H,2,9,11-14,16-17,19-21H2,1,3-8H3,(H,37,44)(H2,38,39,46)/t24?,25-,26?,29+,31-/m1/s1. The first kappa shape index (κ1) is 39.7. The molecule has 1 aromatic rings. The minimum Gasteiger partial charge on any atom is -0.344 e. The second-order valence-corrected chi connectivity index (χ2v) is 18.6. The molecule has 0 spiro atoms. The molecule has 4 amide bonds. The molecule has 3 heterocycles. The Morgan fingerprint density at radius 1 is 1.10 bits per heavy atom. The van der Waals surface area contributed by atoms with E-state index >= 15 is 0 Å². The van der Waals surface area contributed by atoms with Crippen molar-refractivity contribution in [3.8, 4) is 0 Å². The fraction of sp³-hybridized carbons (Fsp3) is 0.694. The van der Waals surface area contributed by atoms with Crippen LogP contribution in [0.3, 0.4) is 0 Å². The second-order valence-electron chi connectivity index (χ2n) is 15.6. The van der Waals surface area contributed by atoms with Crippen LogP contribution in [0.2, 0.25) is 0 Å². The molecule has 2 aliphatic heterocycles. The fourth-order valence-electron chi connectivity index (χ4n) is 7.78. The number of sulfonamides is 1. The van der Waals surface area contributed by atoms with Crippen LogP contribution in [0.25, 0.3) is 0 Å². The highest BCUT2D eigenvalue weighted by atomic mass is 32.2. The van der Waals surface area contributed by atoms with Crippen molar-refractivity contribution in [1.29, 1.82) is 0 Å². The summed E-state index contributed by atoms with van der Waals surface area (Å²) in [4.78, 5) is 69.9. The molecule has 12 nitrogen and oxygen atoms in total. The van der Waals surface area contributed by atoms with Crippen molar-refractivity contribution in [2.24, 2.45) is 23.2 Å². The fourth-order valence-corrected chi connectivity index (χ4v) is 10.8. The molecule has 0 bridgehead atoms. The summed E-state index contributed by atoms with van der Waals surface area (Å²) in [5.74, 6) is -2.80. The molecule has 50 heavy (non-hydrogen) atoms. The molecule has 1 saturated carbocycles. The number of carbonyl (C=O) groups is 5. The van der Waals surface area contributed by atoms with Crippen LogP contribution < -0.4 is 16.0 Å². The monoisotopic (exact) mass is 733 g/mol. The summed E-state index contributed by atoms with van der Waals surface area (Å²) in [5, 5.41) is 10.6. The van der Waals surface area contributed by atoms with Crippen LogP contribution >= 0.6 is 11.3 Å². The van der Waals surface area contributed by atoms with Crippen molar-refractivity contribution in [2.75, 3.05) is 13.1 Å². The number of amides is 4. The number of likely N-dealkylation sites (tertiary alicyclic amines) is 1. The van der Waals surface area contributed by atoms with Crippen LogP contribution in [0.4, 0.5) is 4.79 Å². The molecule has 2 unspecified atom stereocenters. The van der Waals surface area contributed by atoms with E-state index in [1.54, 1.807) is 17.5 Å². The highest BCUT2D eigenvalue weighted by molar-refractivity contribution is 7.89. The summed E-state index contributed by atoms with van der Waals surface area (Å²) >= 11 is 1.40. The number of rotatable bonds is 13. The Kier molecular flexibility index (Phi) is 12.4. The van der Waals surface area contributed by atoms with E-state index in [-0.39, 0.29) is 37.9 Å². The minimum absolute atomic E-state index is 0.0820. The predicted molar refractivity (Wildman–Crippen MR) is 193 cm³/mol. The van der Waals surface area contributed by atoms with E-state index in [1.807, 2.05) is 41.5 Å². The van der Waals surface area contributed by atoms with Gasteiger partial charge in [-0.1, -0.05) is 73.3 Å². The summed E-state index contributed by atoms with van der Waals surface area (Å²) in [7, 11) is -3.68. The van der Waals surface area contributed by atoms with Gasteiger partial charge in [0.25, 0.3) is 0 Å². The highest BCUT2D eigenvalue weighted by Crippen LogP contribution is 2.39. The van der Waals surface area contributed by atoms with Crippen LogP contribution in [0, 0.1) is 23.2 Å². The molecule has 1 saturated heterocycles. The normalized spacial score (nSPS) is 24.2. The molecular weight excluding hydrogens is 679 g/mol. The lowest BCUT2D eigenvalue weighted by Gasteiger charge is -2.41. The largest absolute Gasteiger partial charge is 0.344 e. The molecule has 4 rings (SSSR count). The van der Waals surface area contributed by atoms with Crippen molar-refractivity contribution < 1.29 is 32.4 Å². The maximum atomic E-state index is 14.6. The van der Waals surface area contributed by atoms with E-state index in [4.69, 9.17) is 0 Å². The van der Waals surface area contributed by atoms with E-state index < -0.39 is 74.4 Å². The first-order valence-corrected chi connectivity index (χ1v) is 20.1. The summed E-state index contributed by atoms with van der Waals surface area (Å²) in [5.41, 5.74) is -1.60. The topological polar surface area (TPSA) is 162 Å². The van der Waals surface area contributed by atoms with Gasteiger partial charge in [0.1, 0.15) is 12.1 Å². The SMILES string of the molecule is C=CC1[C@@H](C(C)C)CN(C(=O)[C@@H](NC(=O)NC2(CN3Cc4sccc4S3(=O)=O)CCCCC2)C(C)(C)C)[C@@H]1C(=O)NC(CCC)C(=O)C(C)=O. The molecule has 0 aromatic carbocycles. The Bertz CT molecular complexity index is 1570. The summed E-state index contributed by atoms with van der Waals surface area (Å²) in [6, 6.07) is -2.02. The van der Waals surface area contributed by atoms with Gasteiger partial charge in [0, 0.05) is 37.4 Å². The third-order valence-corrected chi connectivity index (χ3v) is 13.5. The first-order valence-electron chi connectivity index (χ1n) is 17.8. The Morgan fingerprint density at radius 2 is 1.76 bits per heavy atom. The molecule has 1 aliphatic carbocycles. The molecule has 5 atom stereocenters. The van der Waals surface area contributed by atoms with Crippen molar-refractivity contribution >= 4 is 50.8 Å². The lowest BCUT2D eigenvalue weighted by atomic mass is 9.81. The third-order valence-electron chi connectivity index (χ3n) is 10.5. The van der Waals surface area contributed by atoms with Gasteiger partial charge in [0.05, 0.1) is 16.5 Å². The average molecular weight is 734 g/mol. The van der Waals surface area contributed by atoms with Gasteiger partial charge in [-0.25, -0.2) is 13.2 Å². The van der Waals surface area contributed by atoms with Gasteiger partial charge in [-0.05, 0) is 48.0 Å². The Hall–Kier alpha value is -3.10. The number of ketones is 2. The molecule has 3 aliphatic rings. The van der Waals surface area contributed by atoms with E-state index in [0.29, 0.717) is 24.2 Å². The number of Topliss-reactive ketones (excluding diaryl/α,β-unsaturated/α-hetero) is 2. The van der Waals surface area contributed by atoms with E-state index in [9.17, 15) is 32.4 Å². The zero-order valence-corrected chi connectivity index (χ0v) is 32.2. The van der Waals surface area contributed by atoms with Gasteiger partial charge in [0.15, 0.2) is 5.78 Å². The molecule has 278 valence electrons. The van der Waals surface area contributed by atoms with Gasteiger partial charge < -0.3 is 20.9 Å². The van der Waals surface area contributed by atoms with Gasteiger partial charge in [-0.2, -0.15) is 4.31 Å². The quantitative estimate of drug-likeness (QED) is 0.200. The van der Waals surface area contributed by atoms with Crippen LogP contribution in [-0.2, 0) is 35.7 Å². The molecule has 14 heteroatoms. The minimum atomic E-state index is -3.68. The summed E-state index contributed by atoms with van der Waals surface area (Å²) < 4.78 is 28.2. The second kappa shape index (κ2) is 15.6. The highest BCUT2D eigenvalue weighted by Gasteiger charge is 2.51. The number of urea groups is 1. The van der Waals surface area contributed by atoms with Gasteiger partial charge >= 0.3 is 6.03 Å². The van der Waals surface area contributed by atoms with E-state index in [0.717, 1.165) is 24.1 Å². The predicted octanol–water partition coefficient (Wildman–Crippen LogP) is 4.40. The van der Waals surface area contributed by atoms with Gasteiger partial charge in [-0.15, -0.1) is 17.9 Å². The zero-order valence-electron chi connectivity index (χ0n) is 30.5. The molecular formula is C36H55N5O7S2. The molecule has 1 aromatic heterocycles. The van der Waals surface area contributed by atoms with E-state index in [1.165, 1.54) is 27.5 Å². The maximum Gasteiger partial charge on any atom is 0.315 e. The van der Waals surface area contributed by atoms with E-state index in [2.05, 4.69) is 22.5 Å².